The first-order chi connectivity index (χ1) is 8.83. The highest BCUT2D eigenvalue weighted by Gasteiger charge is 2.21. The van der Waals surface area contributed by atoms with E-state index in [9.17, 15) is 0 Å². The van der Waals surface area contributed by atoms with Crippen LogP contribution >= 0.6 is 11.8 Å². The molecular formula is C15H18N2S. The molecule has 2 unspecified atom stereocenters. The fraction of sp³-hybridized carbons (Fsp3) is 0.400. The predicted molar refractivity (Wildman–Crippen MR) is 80.3 cm³/mol. The van der Waals surface area contributed by atoms with Crippen molar-refractivity contribution in [1.82, 2.24) is 4.98 Å². The van der Waals surface area contributed by atoms with Crippen molar-refractivity contribution in [2.75, 3.05) is 11.1 Å². The number of rotatable bonds is 2. The number of nitrogens with zero attached hydrogens (tertiary/aromatic N) is 1. The average molecular weight is 258 g/mol. The number of aromatic nitrogens is 1. The number of pyridine rings is 1. The van der Waals surface area contributed by atoms with Gasteiger partial charge >= 0.3 is 0 Å². The maximum absolute atomic E-state index is 4.35. The zero-order valence-electron chi connectivity index (χ0n) is 10.6. The van der Waals surface area contributed by atoms with Crippen LogP contribution in [0.2, 0.25) is 0 Å². The van der Waals surface area contributed by atoms with E-state index in [1.807, 2.05) is 12.3 Å². The number of hydrogen-bond acceptors (Lipinski definition) is 3. The molecule has 0 amide bonds. The molecule has 1 aliphatic rings. The number of benzene rings is 1. The molecule has 3 heteroatoms. The monoisotopic (exact) mass is 258 g/mol. The Morgan fingerprint density at radius 3 is 3.17 bits per heavy atom. The van der Waals surface area contributed by atoms with E-state index >= 15 is 0 Å². The molecule has 0 aliphatic carbocycles. The molecular weight excluding hydrogens is 240 g/mol. The maximum Gasteiger partial charge on any atom is 0.0703 e. The molecule has 0 radical (unpaired) electrons. The molecule has 18 heavy (non-hydrogen) atoms. The van der Waals surface area contributed by atoms with Crippen LogP contribution in [0.5, 0.6) is 0 Å². The summed E-state index contributed by atoms with van der Waals surface area (Å²) in [5, 5.41) is 5.58. The minimum Gasteiger partial charge on any atom is -0.381 e. The Balaban J connectivity index is 1.81. The molecule has 2 aromatic rings. The van der Waals surface area contributed by atoms with E-state index in [0.717, 1.165) is 5.52 Å². The van der Waals surface area contributed by atoms with Crippen LogP contribution in [0, 0.1) is 0 Å². The van der Waals surface area contributed by atoms with Crippen LogP contribution in [0.3, 0.4) is 0 Å². The summed E-state index contributed by atoms with van der Waals surface area (Å²) in [6, 6.07) is 11.1. The van der Waals surface area contributed by atoms with Gasteiger partial charge in [0.05, 0.1) is 5.52 Å². The smallest absolute Gasteiger partial charge is 0.0703 e. The minimum atomic E-state index is 0.595. The van der Waals surface area contributed by atoms with Crippen molar-refractivity contribution >= 4 is 28.4 Å². The molecule has 1 aromatic carbocycles. The van der Waals surface area contributed by atoms with Crippen LogP contribution in [0.1, 0.15) is 19.8 Å². The van der Waals surface area contributed by atoms with E-state index in [-0.39, 0.29) is 0 Å². The van der Waals surface area contributed by atoms with Gasteiger partial charge < -0.3 is 5.32 Å². The molecule has 2 nitrogen and oxygen atoms in total. The summed E-state index contributed by atoms with van der Waals surface area (Å²) >= 11 is 2.07. The van der Waals surface area contributed by atoms with Gasteiger partial charge in [0.25, 0.3) is 0 Å². The zero-order chi connectivity index (χ0) is 12.4. The summed E-state index contributed by atoms with van der Waals surface area (Å²) in [5.41, 5.74) is 2.28. The van der Waals surface area contributed by atoms with E-state index in [0.29, 0.717) is 11.3 Å². The van der Waals surface area contributed by atoms with Gasteiger partial charge in [0.15, 0.2) is 0 Å². The first-order valence-corrected chi connectivity index (χ1v) is 7.61. The fourth-order valence-electron chi connectivity index (χ4n) is 2.49. The van der Waals surface area contributed by atoms with Crippen LogP contribution in [-0.2, 0) is 0 Å². The molecule has 1 aliphatic heterocycles. The molecule has 2 atom stereocenters. The number of fused-ring (bicyclic) bond motifs is 1. The lowest BCUT2D eigenvalue weighted by molar-refractivity contribution is 0.617. The SMILES string of the molecule is CC1SCCCC1Nc1ccc2ncccc2c1. The van der Waals surface area contributed by atoms with Crippen molar-refractivity contribution in [2.45, 2.75) is 31.1 Å². The molecule has 1 fully saturated rings. The third kappa shape index (κ3) is 2.46. The van der Waals surface area contributed by atoms with E-state index in [4.69, 9.17) is 0 Å². The quantitative estimate of drug-likeness (QED) is 0.883. The van der Waals surface area contributed by atoms with Crippen LogP contribution < -0.4 is 5.32 Å². The van der Waals surface area contributed by atoms with Gasteiger partial charge in [-0.3, -0.25) is 4.98 Å². The lowest BCUT2D eigenvalue weighted by Gasteiger charge is -2.30. The molecule has 94 valence electrons. The molecule has 0 spiro atoms. The third-order valence-corrected chi connectivity index (χ3v) is 4.94. The lowest BCUT2D eigenvalue weighted by atomic mass is 10.1. The van der Waals surface area contributed by atoms with Crippen molar-refractivity contribution in [3.63, 3.8) is 0 Å². The second-order valence-corrected chi connectivity index (χ2v) is 6.37. The molecule has 3 rings (SSSR count). The highest BCUT2D eigenvalue weighted by Crippen LogP contribution is 2.28. The molecule has 0 saturated carbocycles. The van der Waals surface area contributed by atoms with Crippen LogP contribution in [0.15, 0.2) is 36.5 Å². The molecule has 2 heterocycles. The van der Waals surface area contributed by atoms with Gasteiger partial charge in [0.1, 0.15) is 0 Å². The standard InChI is InChI=1S/C15H18N2S/c1-11-14(5-3-9-18-11)17-13-6-7-15-12(10-13)4-2-8-16-15/h2,4,6-8,10-11,14,17H,3,5,9H2,1H3. The summed E-state index contributed by atoms with van der Waals surface area (Å²) in [4.78, 5) is 4.35. The van der Waals surface area contributed by atoms with Crippen molar-refractivity contribution in [3.05, 3.63) is 36.5 Å². The Bertz CT molecular complexity index is 541. The highest BCUT2D eigenvalue weighted by molar-refractivity contribution is 8.00. The number of anilines is 1. The van der Waals surface area contributed by atoms with Gasteiger partial charge in [0.2, 0.25) is 0 Å². The van der Waals surface area contributed by atoms with Crippen molar-refractivity contribution < 1.29 is 0 Å². The van der Waals surface area contributed by atoms with Crippen molar-refractivity contribution in [1.29, 1.82) is 0 Å². The topological polar surface area (TPSA) is 24.9 Å². The van der Waals surface area contributed by atoms with E-state index in [1.54, 1.807) is 0 Å². The normalized spacial score (nSPS) is 24.1. The van der Waals surface area contributed by atoms with Gasteiger partial charge in [-0.05, 0) is 42.9 Å². The van der Waals surface area contributed by atoms with Crippen LogP contribution in [0.25, 0.3) is 10.9 Å². The second kappa shape index (κ2) is 5.19. The Morgan fingerprint density at radius 2 is 2.28 bits per heavy atom. The molecule has 1 aromatic heterocycles. The Morgan fingerprint density at radius 1 is 1.33 bits per heavy atom. The largest absolute Gasteiger partial charge is 0.381 e. The molecule has 0 bridgehead atoms. The van der Waals surface area contributed by atoms with Gasteiger partial charge in [-0.1, -0.05) is 13.0 Å². The first-order valence-electron chi connectivity index (χ1n) is 6.56. The van der Waals surface area contributed by atoms with Crippen LogP contribution in [-0.4, -0.2) is 22.0 Å². The summed E-state index contributed by atoms with van der Waals surface area (Å²) in [6.45, 7) is 2.32. The van der Waals surface area contributed by atoms with Gasteiger partial charge in [-0.15, -0.1) is 0 Å². The van der Waals surface area contributed by atoms with Gasteiger partial charge in [-0.2, -0.15) is 11.8 Å². The zero-order valence-corrected chi connectivity index (χ0v) is 11.4. The van der Waals surface area contributed by atoms with E-state index in [1.165, 1.54) is 29.7 Å². The van der Waals surface area contributed by atoms with Crippen LogP contribution in [0.4, 0.5) is 5.69 Å². The second-order valence-electron chi connectivity index (χ2n) is 4.88. The Kier molecular flexibility index (Phi) is 3.41. The summed E-state index contributed by atoms with van der Waals surface area (Å²) in [6.07, 6.45) is 4.44. The Labute approximate surface area is 112 Å². The molecule has 1 N–H and O–H groups in total. The Hall–Kier alpha value is -1.22. The minimum absolute atomic E-state index is 0.595. The fourth-order valence-corrected chi connectivity index (χ4v) is 3.63. The lowest BCUT2D eigenvalue weighted by Crippen LogP contribution is -2.32. The van der Waals surface area contributed by atoms with Crippen molar-refractivity contribution in [2.24, 2.45) is 0 Å². The van der Waals surface area contributed by atoms with Crippen molar-refractivity contribution in [3.8, 4) is 0 Å². The predicted octanol–water partition coefficient (Wildman–Crippen LogP) is 3.93. The number of thioether (sulfide) groups is 1. The number of hydrogen-bond donors (Lipinski definition) is 1. The molecule has 1 saturated heterocycles. The van der Waals surface area contributed by atoms with Gasteiger partial charge in [-0.25, -0.2) is 0 Å². The summed E-state index contributed by atoms with van der Waals surface area (Å²) < 4.78 is 0. The highest BCUT2D eigenvalue weighted by atomic mass is 32.2. The van der Waals surface area contributed by atoms with Gasteiger partial charge in [0, 0.05) is 28.6 Å². The third-order valence-electron chi connectivity index (χ3n) is 3.56. The average Bonchev–Trinajstić information content (AvgIpc) is 2.41. The summed E-state index contributed by atoms with van der Waals surface area (Å²) in [7, 11) is 0. The first kappa shape index (κ1) is 11.8. The van der Waals surface area contributed by atoms with E-state index in [2.05, 4.69) is 53.3 Å². The van der Waals surface area contributed by atoms with E-state index < -0.39 is 0 Å². The maximum atomic E-state index is 4.35. The number of nitrogens with one attached hydrogen (secondary N) is 1. The summed E-state index contributed by atoms with van der Waals surface area (Å²) in [5.74, 6) is 1.31.